The summed E-state index contributed by atoms with van der Waals surface area (Å²) in [4.78, 5) is 0. The van der Waals surface area contributed by atoms with Crippen LogP contribution < -0.4 is 0 Å². The lowest BCUT2D eigenvalue weighted by Crippen LogP contribution is -2.31. The molecule has 1 aliphatic rings. The van der Waals surface area contributed by atoms with Gasteiger partial charge in [0, 0.05) is 0 Å². The molecule has 5 unspecified atom stereocenters. The molecular formula is C20H40. The second kappa shape index (κ2) is 9.85. The SMILES string of the molecule is CCCCCCCC(C(C)CC)C1CCC(C)CC1C. The van der Waals surface area contributed by atoms with Crippen molar-refractivity contribution in [3.8, 4) is 0 Å². The molecule has 1 saturated carbocycles. The minimum atomic E-state index is 0.932. The average Bonchev–Trinajstić information content (AvgIpc) is 2.43. The Kier molecular flexibility index (Phi) is 8.89. The molecule has 20 heavy (non-hydrogen) atoms. The first-order chi connectivity index (χ1) is 9.60. The summed E-state index contributed by atoms with van der Waals surface area (Å²) in [6, 6.07) is 0. The second-order valence-corrected chi connectivity index (χ2v) is 7.81. The fraction of sp³-hybridized carbons (Fsp3) is 1.00. The summed E-state index contributed by atoms with van der Waals surface area (Å²) in [5, 5.41) is 0. The average molecular weight is 281 g/mol. The highest BCUT2D eigenvalue weighted by Crippen LogP contribution is 2.43. The van der Waals surface area contributed by atoms with Crippen LogP contribution in [0.1, 0.15) is 98.8 Å². The van der Waals surface area contributed by atoms with Crippen LogP contribution in [0.2, 0.25) is 0 Å². The normalized spacial score (nSPS) is 30.1. The van der Waals surface area contributed by atoms with Gasteiger partial charge < -0.3 is 0 Å². The summed E-state index contributed by atoms with van der Waals surface area (Å²) < 4.78 is 0. The van der Waals surface area contributed by atoms with E-state index in [0.29, 0.717) is 0 Å². The minimum absolute atomic E-state index is 0.932. The molecule has 0 saturated heterocycles. The third-order valence-corrected chi connectivity index (χ3v) is 6.06. The fourth-order valence-corrected chi connectivity index (χ4v) is 4.53. The summed E-state index contributed by atoms with van der Waals surface area (Å²) in [6.07, 6.45) is 14.6. The molecule has 0 aromatic rings. The predicted molar refractivity (Wildman–Crippen MR) is 92.0 cm³/mol. The van der Waals surface area contributed by atoms with Crippen molar-refractivity contribution in [3.05, 3.63) is 0 Å². The smallest absolute Gasteiger partial charge is 0.0357 e. The van der Waals surface area contributed by atoms with E-state index in [2.05, 4.69) is 34.6 Å². The van der Waals surface area contributed by atoms with E-state index < -0.39 is 0 Å². The van der Waals surface area contributed by atoms with Gasteiger partial charge in [-0.2, -0.15) is 0 Å². The van der Waals surface area contributed by atoms with Crippen molar-refractivity contribution < 1.29 is 0 Å². The molecule has 0 heterocycles. The Morgan fingerprint density at radius 3 is 2.25 bits per heavy atom. The molecule has 0 aliphatic heterocycles. The van der Waals surface area contributed by atoms with Crippen LogP contribution >= 0.6 is 0 Å². The number of rotatable bonds is 9. The van der Waals surface area contributed by atoms with Gasteiger partial charge >= 0.3 is 0 Å². The molecule has 5 atom stereocenters. The van der Waals surface area contributed by atoms with Gasteiger partial charge in [-0.05, 0) is 48.9 Å². The molecule has 0 aromatic carbocycles. The van der Waals surface area contributed by atoms with Crippen molar-refractivity contribution in [2.45, 2.75) is 98.8 Å². The van der Waals surface area contributed by atoms with Crippen molar-refractivity contribution >= 4 is 0 Å². The van der Waals surface area contributed by atoms with E-state index in [9.17, 15) is 0 Å². The van der Waals surface area contributed by atoms with Crippen LogP contribution in [0, 0.1) is 29.6 Å². The third-order valence-electron chi connectivity index (χ3n) is 6.06. The van der Waals surface area contributed by atoms with E-state index in [4.69, 9.17) is 0 Å². The van der Waals surface area contributed by atoms with E-state index in [1.807, 2.05) is 0 Å². The zero-order valence-corrected chi connectivity index (χ0v) is 15.0. The van der Waals surface area contributed by atoms with Gasteiger partial charge in [0.15, 0.2) is 0 Å². The van der Waals surface area contributed by atoms with Gasteiger partial charge in [-0.3, -0.25) is 0 Å². The van der Waals surface area contributed by atoms with Crippen molar-refractivity contribution in [1.29, 1.82) is 0 Å². The summed E-state index contributed by atoms with van der Waals surface area (Å²) in [6.45, 7) is 12.2. The topological polar surface area (TPSA) is 0 Å². The maximum atomic E-state index is 2.53. The van der Waals surface area contributed by atoms with Crippen LogP contribution in [0.4, 0.5) is 0 Å². The highest BCUT2D eigenvalue weighted by molar-refractivity contribution is 4.83. The van der Waals surface area contributed by atoms with Gasteiger partial charge in [-0.25, -0.2) is 0 Å². The molecule has 0 spiro atoms. The Labute approximate surface area is 129 Å². The Morgan fingerprint density at radius 1 is 0.950 bits per heavy atom. The third kappa shape index (κ3) is 5.78. The predicted octanol–water partition coefficient (Wildman–Crippen LogP) is 7.08. The van der Waals surface area contributed by atoms with Crippen molar-refractivity contribution in [1.82, 2.24) is 0 Å². The molecule has 1 aliphatic carbocycles. The van der Waals surface area contributed by atoms with Gasteiger partial charge in [0.2, 0.25) is 0 Å². The van der Waals surface area contributed by atoms with Gasteiger partial charge in [0.05, 0.1) is 0 Å². The highest BCUT2D eigenvalue weighted by atomic mass is 14.4. The zero-order chi connectivity index (χ0) is 15.0. The van der Waals surface area contributed by atoms with Crippen LogP contribution in [0.3, 0.4) is 0 Å². The molecule has 0 heteroatoms. The maximum Gasteiger partial charge on any atom is -0.0357 e. The van der Waals surface area contributed by atoms with Gasteiger partial charge in [-0.1, -0.05) is 79.6 Å². The van der Waals surface area contributed by atoms with Crippen molar-refractivity contribution in [2.75, 3.05) is 0 Å². The number of unbranched alkanes of at least 4 members (excludes halogenated alkanes) is 4. The minimum Gasteiger partial charge on any atom is -0.0654 e. The van der Waals surface area contributed by atoms with Gasteiger partial charge in [0.1, 0.15) is 0 Å². The molecule has 0 N–H and O–H groups in total. The van der Waals surface area contributed by atoms with E-state index in [1.54, 1.807) is 0 Å². The zero-order valence-electron chi connectivity index (χ0n) is 15.0. The van der Waals surface area contributed by atoms with Gasteiger partial charge in [-0.15, -0.1) is 0 Å². The molecule has 0 radical (unpaired) electrons. The van der Waals surface area contributed by atoms with Crippen LogP contribution in [-0.4, -0.2) is 0 Å². The van der Waals surface area contributed by atoms with Crippen molar-refractivity contribution in [2.24, 2.45) is 29.6 Å². The Bertz CT molecular complexity index is 232. The maximum absolute atomic E-state index is 2.53. The van der Waals surface area contributed by atoms with Crippen LogP contribution in [0.15, 0.2) is 0 Å². The monoisotopic (exact) mass is 280 g/mol. The molecule has 0 nitrogen and oxygen atoms in total. The van der Waals surface area contributed by atoms with Gasteiger partial charge in [0.25, 0.3) is 0 Å². The second-order valence-electron chi connectivity index (χ2n) is 7.81. The quantitative estimate of drug-likeness (QED) is 0.396. The molecule has 1 rings (SSSR count). The lowest BCUT2D eigenvalue weighted by atomic mass is 9.65. The molecule has 120 valence electrons. The molecule has 1 fully saturated rings. The fourth-order valence-electron chi connectivity index (χ4n) is 4.53. The van der Waals surface area contributed by atoms with Crippen LogP contribution in [0.5, 0.6) is 0 Å². The highest BCUT2D eigenvalue weighted by Gasteiger charge is 2.33. The first kappa shape index (κ1) is 18.1. The summed E-state index contributed by atoms with van der Waals surface area (Å²) in [5.41, 5.74) is 0. The first-order valence-electron chi connectivity index (χ1n) is 9.60. The Balaban J connectivity index is 2.46. The molecule has 0 bridgehead atoms. The molecule has 0 aromatic heterocycles. The van der Waals surface area contributed by atoms with Crippen LogP contribution in [-0.2, 0) is 0 Å². The molecule has 0 amide bonds. The Hall–Kier alpha value is 0. The molecular weight excluding hydrogens is 240 g/mol. The van der Waals surface area contributed by atoms with Crippen molar-refractivity contribution in [3.63, 3.8) is 0 Å². The summed E-state index contributed by atoms with van der Waals surface area (Å²) >= 11 is 0. The van der Waals surface area contributed by atoms with E-state index >= 15 is 0 Å². The largest absolute Gasteiger partial charge is 0.0654 e. The summed E-state index contributed by atoms with van der Waals surface area (Å²) in [5.74, 6) is 4.90. The number of hydrogen-bond donors (Lipinski definition) is 0. The van der Waals surface area contributed by atoms with E-state index in [1.165, 1.54) is 64.2 Å². The van der Waals surface area contributed by atoms with Crippen LogP contribution in [0.25, 0.3) is 0 Å². The number of hydrogen-bond acceptors (Lipinski definition) is 0. The summed E-state index contributed by atoms with van der Waals surface area (Å²) in [7, 11) is 0. The standard InChI is InChI=1S/C20H40/c1-6-8-9-10-11-12-19(17(4)7-2)20-14-13-16(3)15-18(20)5/h16-20H,6-15H2,1-5H3. The lowest BCUT2D eigenvalue weighted by molar-refractivity contribution is 0.0967. The first-order valence-corrected chi connectivity index (χ1v) is 9.60. The lowest BCUT2D eigenvalue weighted by Gasteiger charge is -2.40. The Morgan fingerprint density at radius 2 is 1.65 bits per heavy atom. The van der Waals surface area contributed by atoms with E-state index in [0.717, 1.165) is 29.6 Å². The van der Waals surface area contributed by atoms with E-state index in [-0.39, 0.29) is 0 Å².